The van der Waals surface area contributed by atoms with E-state index in [0.29, 0.717) is 28.8 Å². The van der Waals surface area contributed by atoms with Crippen molar-refractivity contribution < 1.29 is 19.4 Å². The van der Waals surface area contributed by atoms with E-state index in [1.54, 1.807) is 25.3 Å². The number of methoxy groups -OCH3 is 1. The van der Waals surface area contributed by atoms with Gasteiger partial charge in [0.1, 0.15) is 5.75 Å². The van der Waals surface area contributed by atoms with Crippen LogP contribution in [0.1, 0.15) is 32.6 Å². The van der Waals surface area contributed by atoms with Gasteiger partial charge in [-0.15, -0.1) is 0 Å². The normalized spacial score (nSPS) is 19.2. The molecule has 1 aliphatic rings. The number of anilines is 1. The van der Waals surface area contributed by atoms with Gasteiger partial charge in [0.25, 0.3) is 0 Å². The first kappa shape index (κ1) is 19.5. The van der Waals surface area contributed by atoms with Gasteiger partial charge in [0.2, 0.25) is 5.91 Å². The number of likely N-dealkylation sites (tertiary alicyclic amines) is 1. The van der Waals surface area contributed by atoms with Crippen LogP contribution in [0.2, 0.25) is 5.02 Å². The molecule has 0 spiro atoms. The Balaban J connectivity index is 1.97. The van der Waals surface area contributed by atoms with E-state index >= 15 is 0 Å². The van der Waals surface area contributed by atoms with E-state index in [1.807, 2.05) is 6.92 Å². The summed E-state index contributed by atoms with van der Waals surface area (Å²) >= 11 is 6.00. The Morgan fingerprint density at radius 1 is 1.48 bits per heavy atom. The Labute approximate surface area is 153 Å². The monoisotopic (exact) mass is 368 g/mol. The summed E-state index contributed by atoms with van der Waals surface area (Å²) in [5.74, 6) is -0.0147. The van der Waals surface area contributed by atoms with Crippen LogP contribution in [0.25, 0.3) is 0 Å². The van der Waals surface area contributed by atoms with Crippen molar-refractivity contribution in [3.8, 4) is 5.75 Å². The van der Waals surface area contributed by atoms with Crippen molar-refractivity contribution >= 4 is 29.2 Å². The molecular formula is C18H25ClN2O4. The molecule has 1 saturated heterocycles. The number of aliphatic carboxylic acids is 1. The number of nitrogens with zero attached hydrogens (tertiary/aromatic N) is 1. The maximum atomic E-state index is 12.6. The summed E-state index contributed by atoms with van der Waals surface area (Å²) in [7, 11) is 1.54. The van der Waals surface area contributed by atoms with Crippen LogP contribution in [-0.2, 0) is 9.59 Å². The molecule has 0 radical (unpaired) electrons. The zero-order chi connectivity index (χ0) is 18.4. The highest BCUT2D eigenvalue weighted by Gasteiger charge is 2.28. The highest BCUT2D eigenvalue weighted by atomic mass is 35.5. The summed E-state index contributed by atoms with van der Waals surface area (Å²) in [6, 6.07) is 4.77. The van der Waals surface area contributed by atoms with E-state index in [1.165, 1.54) is 0 Å². The number of halogens is 1. The molecule has 7 heteroatoms. The van der Waals surface area contributed by atoms with Gasteiger partial charge >= 0.3 is 5.97 Å². The minimum Gasteiger partial charge on any atom is -0.495 e. The molecule has 1 aromatic carbocycles. The number of hydrogen-bond acceptors (Lipinski definition) is 4. The van der Waals surface area contributed by atoms with E-state index in [9.17, 15) is 9.59 Å². The average Bonchev–Trinajstić information content (AvgIpc) is 2.59. The minimum absolute atomic E-state index is 0.126. The predicted molar refractivity (Wildman–Crippen MR) is 97.3 cm³/mol. The fourth-order valence-electron chi connectivity index (χ4n) is 3.19. The zero-order valence-electron chi connectivity index (χ0n) is 14.6. The maximum absolute atomic E-state index is 12.6. The molecule has 0 bridgehead atoms. The molecule has 25 heavy (non-hydrogen) atoms. The number of carbonyl (C=O) groups excluding carboxylic acids is 1. The Morgan fingerprint density at radius 2 is 2.24 bits per heavy atom. The van der Waals surface area contributed by atoms with Gasteiger partial charge in [0.05, 0.1) is 18.8 Å². The van der Waals surface area contributed by atoms with Crippen molar-refractivity contribution in [2.45, 2.75) is 38.6 Å². The van der Waals surface area contributed by atoms with Crippen LogP contribution in [0.4, 0.5) is 5.69 Å². The third-order valence-electron chi connectivity index (χ3n) is 4.66. The molecule has 0 aliphatic carbocycles. The molecule has 1 aliphatic heterocycles. The van der Waals surface area contributed by atoms with Gasteiger partial charge in [-0.25, -0.2) is 0 Å². The lowest BCUT2D eigenvalue weighted by Crippen LogP contribution is -2.47. The standard InChI is InChI=1S/C18H25ClN2O4/c1-12(21-9-3-4-13(11-21)5-8-17(22)23)18(24)20-15-10-14(19)6-7-16(15)25-2/h6-7,10,12-13H,3-5,8-9,11H2,1-2H3,(H,20,24)(H,22,23). The topological polar surface area (TPSA) is 78.9 Å². The highest BCUT2D eigenvalue weighted by Crippen LogP contribution is 2.28. The molecule has 1 aromatic rings. The summed E-state index contributed by atoms with van der Waals surface area (Å²) in [4.78, 5) is 25.5. The van der Waals surface area contributed by atoms with Crippen LogP contribution in [0, 0.1) is 5.92 Å². The van der Waals surface area contributed by atoms with Gasteiger partial charge in [-0.1, -0.05) is 11.6 Å². The number of carbonyl (C=O) groups is 2. The minimum atomic E-state index is -0.768. The van der Waals surface area contributed by atoms with Crippen molar-refractivity contribution in [2.75, 3.05) is 25.5 Å². The summed E-state index contributed by atoms with van der Waals surface area (Å²) in [5.41, 5.74) is 0.547. The average molecular weight is 369 g/mol. The number of nitrogens with one attached hydrogen (secondary N) is 1. The number of piperidine rings is 1. The van der Waals surface area contributed by atoms with E-state index in [4.69, 9.17) is 21.4 Å². The third kappa shape index (κ3) is 5.61. The number of benzene rings is 1. The zero-order valence-corrected chi connectivity index (χ0v) is 15.4. The van der Waals surface area contributed by atoms with E-state index < -0.39 is 5.97 Å². The lowest BCUT2D eigenvalue weighted by molar-refractivity contribution is -0.137. The molecule has 1 amide bonds. The maximum Gasteiger partial charge on any atom is 0.303 e. The van der Waals surface area contributed by atoms with Crippen molar-refractivity contribution in [1.82, 2.24) is 4.90 Å². The molecule has 2 atom stereocenters. The molecule has 2 rings (SSSR count). The number of hydrogen-bond donors (Lipinski definition) is 2. The Hall–Kier alpha value is -1.79. The second-order valence-corrected chi connectivity index (χ2v) is 6.88. The molecule has 1 fully saturated rings. The predicted octanol–water partition coefficient (Wildman–Crippen LogP) is 3.25. The van der Waals surface area contributed by atoms with Crippen LogP contribution < -0.4 is 10.1 Å². The lowest BCUT2D eigenvalue weighted by atomic mass is 9.92. The Bertz CT molecular complexity index is 623. The van der Waals surface area contributed by atoms with Gasteiger partial charge in [-0.05, 0) is 56.8 Å². The van der Waals surface area contributed by atoms with Crippen LogP contribution >= 0.6 is 11.6 Å². The fraction of sp³-hybridized carbons (Fsp3) is 0.556. The van der Waals surface area contributed by atoms with Crippen molar-refractivity contribution in [2.24, 2.45) is 5.92 Å². The Kier molecular flexibility index (Phi) is 7.08. The number of amides is 1. The number of carboxylic acids is 1. The van der Waals surface area contributed by atoms with Crippen LogP contribution in [-0.4, -0.2) is 48.1 Å². The molecule has 1 heterocycles. The first-order valence-corrected chi connectivity index (χ1v) is 8.88. The van der Waals surface area contributed by atoms with Crippen LogP contribution in [0.15, 0.2) is 18.2 Å². The van der Waals surface area contributed by atoms with Crippen molar-refractivity contribution in [3.63, 3.8) is 0 Å². The fourth-order valence-corrected chi connectivity index (χ4v) is 3.37. The highest BCUT2D eigenvalue weighted by molar-refractivity contribution is 6.31. The summed E-state index contributed by atoms with van der Waals surface area (Å²) in [6.07, 6.45) is 2.82. The summed E-state index contributed by atoms with van der Waals surface area (Å²) in [5, 5.41) is 12.2. The van der Waals surface area contributed by atoms with E-state index in [2.05, 4.69) is 10.2 Å². The van der Waals surface area contributed by atoms with Crippen LogP contribution in [0.5, 0.6) is 5.75 Å². The number of carboxylic acid groups (broad SMARTS) is 1. The number of rotatable bonds is 7. The van der Waals surface area contributed by atoms with Crippen molar-refractivity contribution in [3.05, 3.63) is 23.2 Å². The summed E-state index contributed by atoms with van der Waals surface area (Å²) < 4.78 is 5.26. The molecular weight excluding hydrogens is 344 g/mol. The van der Waals surface area contributed by atoms with Gasteiger partial charge in [0, 0.05) is 18.0 Å². The molecule has 2 N–H and O–H groups in total. The molecule has 138 valence electrons. The molecule has 6 nitrogen and oxygen atoms in total. The quantitative estimate of drug-likeness (QED) is 0.772. The van der Waals surface area contributed by atoms with Gasteiger partial charge in [-0.2, -0.15) is 0 Å². The first-order chi connectivity index (χ1) is 11.9. The molecule has 2 unspecified atom stereocenters. The third-order valence-corrected chi connectivity index (χ3v) is 4.90. The smallest absolute Gasteiger partial charge is 0.303 e. The first-order valence-electron chi connectivity index (χ1n) is 8.51. The molecule has 0 aromatic heterocycles. The van der Waals surface area contributed by atoms with E-state index in [-0.39, 0.29) is 18.4 Å². The van der Waals surface area contributed by atoms with Crippen molar-refractivity contribution in [1.29, 1.82) is 0 Å². The van der Waals surface area contributed by atoms with Gasteiger partial charge < -0.3 is 15.2 Å². The molecule has 0 saturated carbocycles. The van der Waals surface area contributed by atoms with E-state index in [0.717, 1.165) is 25.9 Å². The summed E-state index contributed by atoms with van der Waals surface area (Å²) in [6.45, 7) is 3.45. The Morgan fingerprint density at radius 3 is 2.92 bits per heavy atom. The SMILES string of the molecule is COc1ccc(Cl)cc1NC(=O)C(C)N1CCCC(CCC(=O)O)C1. The second kappa shape index (κ2) is 9.06. The largest absolute Gasteiger partial charge is 0.495 e. The number of ether oxygens (including phenoxy) is 1. The van der Waals surface area contributed by atoms with Gasteiger partial charge in [0.15, 0.2) is 0 Å². The van der Waals surface area contributed by atoms with Gasteiger partial charge in [-0.3, -0.25) is 14.5 Å². The lowest BCUT2D eigenvalue weighted by Gasteiger charge is -2.36. The van der Waals surface area contributed by atoms with Crippen LogP contribution in [0.3, 0.4) is 0 Å². The second-order valence-electron chi connectivity index (χ2n) is 6.45.